The van der Waals surface area contributed by atoms with Gasteiger partial charge in [-0.1, -0.05) is 0 Å². The van der Waals surface area contributed by atoms with Crippen LogP contribution in [0.15, 0.2) is 18.2 Å². The van der Waals surface area contributed by atoms with Gasteiger partial charge in [0.2, 0.25) is 65.0 Å². The van der Waals surface area contributed by atoms with E-state index < -0.39 is 147 Å². The molecular formula is C45H66N12O17S3. The van der Waals surface area contributed by atoms with Gasteiger partial charge < -0.3 is 83.5 Å². The Labute approximate surface area is 455 Å². The lowest BCUT2D eigenvalue weighted by Crippen LogP contribution is -2.53. The molecule has 4 bridgehead atoms. The number of carboxylic acids is 1. The molecule has 0 radical (unpaired) electrons. The number of nitrogens with one attached hydrogen (secondary N) is 11. The van der Waals surface area contributed by atoms with Crippen LogP contribution in [0.1, 0.15) is 32.1 Å². The fourth-order valence-corrected chi connectivity index (χ4v) is 8.85. The van der Waals surface area contributed by atoms with E-state index in [1.807, 2.05) is 0 Å². The Balaban J connectivity index is 1.78. The van der Waals surface area contributed by atoms with Gasteiger partial charge in [0, 0.05) is 48.3 Å². The number of amides is 11. The first-order valence-corrected chi connectivity index (χ1v) is 27.6. The average Bonchev–Trinajstić information content (AvgIpc) is 3.40. The SMILES string of the molecule is N[C@H]1CSCCCOc2cc3cc(c2)OCCCSC[C@H](NC(=O)CNC(=O)CNC(=O)CNC(=O)CCC(=O)CNC1=O)C(=O)NCC(=O)NCC(=O)NCC(=O)NCC(=O)NCC(=O)N[C@H](C(=O)O)CSCCCO3. The number of thioether (sulfide) groups is 3. The zero-order chi connectivity index (χ0) is 56.4. The number of benzene rings is 1. The number of carbonyl (C=O) groups is 13. The number of hydrogen-bond acceptors (Lipinski definition) is 20. The monoisotopic (exact) mass is 1140 g/mol. The van der Waals surface area contributed by atoms with E-state index in [1.165, 1.54) is 35.3 Å². The van der Waals surface area contributed by atoms with Gasteiger partial charge in [-0.25, -0.2) is 4.79 Å². The molecule has 0 aliphatic carbocycles. The molecule has 2 heterocycles. The number of carbonyl (C=O) groups excluding carboxylic acids is 12. The van der Waals surface area contributed by atoms with Crippen molar-refractivity contribution in [1.29, 1.82) is 0 Å². The quantitative estimate of drug-likeness (QED) is 0.124. The molecular weight excluding hydrogens is 1080 g/mol. The molecule has 29 nitrogen and oxygen atoms in total. The molecule has 0 saturated carbocycles. The largest absolute Gasteiger partial charge is 0.493 e. The van der Waals surface area contributed by atoms with E-state index in [-0.39, 0.29) is 56.5 Å². The Morgan fingerprint density at radius 1 is 0.442 bits per heavy atom. The molecule has 1 aromatic rings. The van der Waals surface area contributed by atoms with E-state index in [0.29, 0.717) is 53.8 Å². The van der Waals surface area contributed by atoms with Crippen LogP contribution in [0, 0.1) is 0 Å². The van der Waals surface area contributed by atoms with Gasteiger partial charge in [0.05, 0.1) is 84.8 Å². The summed E-state index contributed by atoms with van der Waals surface area (Å²) in [6.45, 7) is -4.54. The molecule has 2 aliphatic heterocycles. The molecule has 0 saturated heterocycles. The normalized spacial score (nSPS) is 22.5. The Morgan fingerprint density at radius 3 is 1.25 bits per heavy atom. The van der Waals surface area contributed by atoms with Gasteiger partial charge in [-0.2, -0.15) is 35.3 Å². The maximum absolute atomic E-state index is 13.3. The molecule has 77 heavy (non-hydrogen) atoms. The number of carboxylic acid groups (broad SMARTS) is 1. The van der Waals surface area contributed by atoms with Crippen LogP contribution in [0.25, 0.3) is 0 Å². The Bertz CT molecular complexity index is 2250. The highest BCUT2D eigenvalue weighted by Gasteiger charge is 2.24. The van der Waals surface area contributed by atoms with E-state index in [0.717, 1.165) is 0 Å². The van der Waals surface area contributed by atoms with Crippen molar-refractivity contribution in [3.8, 4) is 17.2 Å². The minimum atomic E-state index is -1.30. The van der Waals surface area contributed by atoms with Crippen LogP contribution < -0.4 is 78.4 Å². The topological polar surface area (TPSA) is 428 Å². The third-order valence-electron chi connectivity index (χ3n) is 10.1. The zero-order valence-corrected chi connectivity index (χ0v) is 44.5. The number of aliphatic carboxylic acids is 1. The van der Waals surface area contributed by atoms with Gasteiger partial charge in [-0.3, -0.25) is 57.5 Å². The zero-order valence-electron chi connectivity index (χ0n) is 42.0. The van der Waals surface area contributed by atoms with Crippen LogP contribution in [-0.4, -0.2) is 213 Å². The van der Waals surface area contributed by atoms with Gasteiger partial charge in [-0.05, 0) is 36.5 Å². The van der Waals surface area contributed by atoms with Crippen molar-refractivity contribution in [3.05, 3.63) is 18.2 Å². The molecule has 0 fully saturated rings. The number of nitrogens with two attached hydrogens (primary N) is 1. The molecule has 32 heteroatoms. The molecule has 1 aromatic carbocycles. The van der Waals surface area contributed by atoms with E-state index in [1.54, 1.807) is 18.2 Å². The number of rotatable bonds is 1. The predicted octanol–water partition coefficient (Wildman–Crippen LogP) is -6.00. The second kappa shape index (κ2) is 36.8. The van der Waals surface area contributed by atoms with Crippen molar-refractivity contribution >= 4 is 112 Å². The number of hydrogen-bond donors (Lipinski definition) is 13. The molecule has 0 aromatic heterocycles. The van der Waals surface area contributed by atoms with E-state index >= 15 is 0 Å². The van der Waals surface area contributed by atoms with Crippen molar-refractivity contribution in [2.24, 2.45) is 5.73 Å². The predicted molar refractivity (Wildman–Crippen MR) is 280 cm³/mol. The summed E-state index contributed by atoms with van der Waals surface area (Å²) >= 11 is 3.88. The van der Waals surface area contributed by atoms with Gasteiger partial charge >= 0.3 is 5.97 Å². The second-order valence-corrected chi connectivity index (χ2v) is 20.0. The number of ether oxygens (including phenoxy) is 3. The smallest absolute Gasteiger partial charge is 0.327 e. The number of fused-ring (bicyclic) bond motifs is 8. The molecule has 3 atom stereocenters. The molecule has 426 valence electrons. The molecule has 3 rings (SSSR count). The average molecular weight is 1140 g/mol. The highest BCUT2D eigenvalue weighted by molar-refractivity contribution is 7.99. The van der Waals surface area contributed by atoms with Crippen molar-refractivity contribution in [2.75, 3.05) is 113 Å². The maximum Gasteiger partial charge on any atom is 0.327 e. The summed E-state index contributed by atoms with van der Waals surface area (Å²) in [7, 11) is 0. The molecule has 0 spiro atoms. The van der Waals surface area contributed by atoms with Crippen LogP contribution in [-0.2, 0) is 62.3 Å². The molecule has 2 aliphatic rings. The lowest BCUT2D eigenvalue weighted by atomic mass is 10.2. The number of Topliss-reactive ketones (excluding diaryl/α,β-unsaturated/α-hetero) is 1. The van der Waals surface area contributed by atoms with E-state index in [9.17, 15) is 67.4 Å². The summed E-state index contributed by atoms with van der Waals surface area (Å²) in [5.74, 6) is -7.34. The van der Waals surface area contributed by atoms with E-state index in [2.05, 4.69) is 58.5 Å². The first-order valence-electron chi connectivity index (χ1n) is 24.1. The second-order valence-electron chi connectivity index (χ2n) is 16.6. The van der Waals surface area contributed by atoms with Crippen LogP contribution in [0.5, 0.6) is 17.2 Å². The standard InChI is InChI=1S/C45H66N12O17S3/c46-31-24-75-9-1-6-72-28-12-29-14-30(13-28)74-8-3-11-77-26-33(45(70)71)57-42(67)23-53-39(64)20-50-36(61)17-49-37(62)18-51-40(65)21-55-44(69)32(25-76-10-2-7-73-29)56-41(66)22-52-38(63)19-48-35(60)16-47-34(59)5-4-27(58)15-54-43(31)68/h12-14,31-33H,1-11,15-26,46H2,(H,47,59)(H,48,60)(H,49,62)(H,50,61)(H,51,65)(H,52,63)(H,53,64)(H,54,68)(H,55,69)(H,56,66)(H,57,67)(H,70,71)/t31-,32-,33-/m0/s1. The first kappa shape index (κ1) is 64.2. The lowest BCUT2D eigenvalue weighted by Gasteiger charge is -2.19. The lowest BCUT2D eigenvalue weighted by molar-refractivity contribution is -0.141. The van der Waals surface area contributed by atoms with Crippen LogP contribution in [0.3, 0.4) is 0 Å². The summed E-state index contributed by atoms with van der Waals surface area (Å²) in [5, 5.41) is 35.2. The van der Waals surface area contributed by atoms with Gasteiger partial charge in [0.1, 0.15) is 29.3 Å². The number of ketones is 1. The minimum Gasteiger partial charge on any atom is -0.493 e. The van der Waals surface area contributed by atoms with Crippen LogP contribution in [0.2, 0.25) is 0 Å². The Morgan fingerprint density at radius 2 is 0.805 bits per heavy atom. The van der Waals surface area contributed by atoms with E-state index in [4.69, 9.17) is 19.9 Å². The molecule has 14 N–H and O–H groups in total. The van der Waals surface area contributed by atoms with Crippen molar-refractivity contribution < 1.29 is 81.6 Å². The van der Waals surface area contributed by atoms with Gasteiger partial charge in [-0.15, -0.1) is 0 Å². The van der Waals surface area contributed by atoms with Crippen LogP contribution >= 0.6 is 35.3 Å². The van der Waals surface area contributed by atoms with Crippen molar-refractivity contribution in [3.63, 3.8) is 0 Å². The maximum atomic E-state index is 13.3. The van der Waals surface area contributed by atoms with Gasteiger partial charge in [0.15, 0.2) is 5.78 Å². The summed E-state index contributed by atoms with van der Waals surface area (Å²) in [4.78, 5) is 162. The highest BCUT2D eigenvalue weighted by atomic mass is 32.2. The fourth-order valence-electron chi connectivity index (χ4n) is 6.05. The Hall–Kier alpha value is -7.06. The first-order chi connectivity index (χ1) is 36.9. The third kappa shape index (κ3) is 29.7. The van der Waals surface area contributed by atoms with Crippen molar-refractivity contribution in [1.82, 2.24) is 58.5 Å². The highest BCUT2D eigenvalue weighted by Crippen LogP contribution is 2.29. The summed E-state index contributed by atoms with van der Waals surface area (Å²) in [5.41, 5.74) is 6.03. The van der Waals surface area contributed by atoms with Crippen LogP contribution in [0.4, 0.5) is 0 Å². The summed E-state index contributed by atoms with van der Waals surface area (Å²) in [6, 6.07) is 1.50. The van der Waals surface area contributed by atoms with Gasteiger partial charge in [0.25, 0.3) is 0 Å². The Kier molecular flexibility index (Phi) is 30.7. The minimum absolute atomic E-state index is 0.00806. The fraction of sp³-hybridized carbons (Fsp3) is 0.578. The molecule has 11 amide bonds. The van der Waals surface area contributed by atoms with Crippen molar-refractivity contribution in [2.45, 2.75) is 50.2 Å². The third-order valence-corrected chi connectivity index (χ3v) is 13.5. The summed E-state index contributed by atoms with van der Waals surface area (Å²) < 4.78 is 18.1. The summed E-state index contributed by atoms with van der Waals surface area (Å²) in [6.07, 6.45) is 0.910. The molecule has 0 unspecified atom stereocenters.